The van der Waals surface area contributed by atoms with Crippen molar-refractivity contribution in [3.8, 4) is 0 Å². The van der Waals surface area contributed by atoms with E-state index >= 15 is 0 Å². The molecule has 33 heavy (non-hydrogen) atoms. The van der Waals surface area contributed by atoms with Gasteiger partial charge in [-0.3, -0.25) is 19.7 Å². The number of carbonyl (C=O) groups is 2. The smallest absolute Gasteiger partial charge is 0.221 e. The predicted molar refractivity (Wildman–Crippen MR) is 123 cm³/mol. The number of anilines is 2. The van der Waals surface area contributed by atoms with Crippen molar-refractivity contribution in [3.05, 3.63) is 77.6 Å². The number of nitrogens with zero attached hydrogens (tertiary/aromatic N) is 4. The van der Waals surface area contributed by atoms with E-state index in [1.165, 1.54) is 25.4 Å². The number of aromatic amines is 1. The number of hydrogen-bond donors (Lipinski definition) is 3. The maximum Gasteiger partial charge on any atom is 0.221 e. The highest BCUT2D eigenvalue weighted by molar-refractivity contribution is 6.01. The summed E-state index contributed by atoms with van der Waals surface area (Å²) in [6.07, 6.45) is 5.03. The van der Waals surface area contributed by atoms with Gasteiger partial charge >= 0.3 is 0 Å². The van der Waals surface area contributed by atoms with E-state index < -0.39 is 0 Å². The third kappa shape index (κ3) is 6.33. The molecular weight excluding hydrogens is 425 g/mol. The van der Waals surface area contributed by atoms with E-state index in [0.717, 1.165) is 17.5 Å². The molecule has 0 aliphatic carbocycles. The summed E-state index contributed by atoms with van der Waals surface area (Å²) in [4.78, 5) is 31.6. The lowest BCUT2D eigenvalue weighted by Crippen LogP contribution is -2.22. The Balaban J connectivity index is 0.000000194. The number of H-pyrrole nitrogens is 1. The largest absolute Gasteiger partial charge is 0.383 e. The van der Waals surface area contributed by atoms with E-state index in [1.807, 2.05) is 30.3 Å². The van der Waals surface area contributed by atoms with Gasteiger partial charge in [-0.1, -0.05) is 30.3 Å². The molecule has 170 valence electrons. The van der Waals surface area contributed by atoms with Gasteiger partial charge < -0.3 is 16.0 Å². The van der Waals surface area contributed by atoms with Crippen LogP contribution in [-0.4, -0.2) is 37.4 Å². The van der Waals surface area contributed by atoms with Crippen LogP contribution >= 0.6 is 0 Å². The van der Waals surface area contributed by atoms with E-state index in [0.29, 0.717) is 41.2 Å². The van der Waals surface area contributed by atoms with Crippen LogP contribution < -0.4 is 11.1 Å². The summed E-state index contributed by atoms with van der Waals surface area (Å²) in [6, 6.07) is 11.1. The number of fused-ring (bicyclic) bond motifs is 1. The monoisotopic (exact) mass is 449 g/mol. The van der Waals surface area contributed by atoms with Crippen LogP contribution in [0, 0.1) is 12.7 Å². The summed E-state index contributed by atoms with van der Waals surface area (Å²) in [6.45, 7) is 4.11. The number of nitrogens with one attached hydrogen (secondary N) is 2. The van der Waals surface area contributed by atoms with Gasteiger partial charge in [0.15, 0.2) is 0 Å². The second-order valence-electron chi connectivity index (χ2n) is 7.31. The van der Waals surface area contributed by atoms with Crippen LogP contribution in [0.5, 0.6) is 0 Å². The van der Waals surface area contributed by atoms with Crippen molar-refractivity contribution in [2.45, 2.75) is 26.9 Å². The lowest BCUT2D eigenvalue weighted by molar-refractivity contribution is -0.119. The van der Waals surface area contributed by atoms with Crippen LogP contribution in [0.4, 0.5) is 15.9 Å². The molecule has 0 aliphatic heterocycles. The van der Waals surface area contributed by atoms with Crippen LogP contribution in [0.25, 0.3) is 10.9 Å². The van der Waals surface area contributed by atoms with Gasteiger partial charge in [0.2, 0.25) is 12.3 Å². The molecule has 4 aromatic rings. The average Bonchev–Trinajstić information content (AvgIpc) is 3.29. The number of amides is 2. The molecular formula is C23H24FN7O2. The minimum atomic E-state index is -0.359. The minimum absolute atomic E-state index is 0.160. The standard InChI is InChI=1S/C15H15FN2O.C8H9N5O/c1-12-7-14(16)8-17-15(12)10-18(11-19)9-13-5-3-2-4-6-13;1-4(14)12-6-3-10-8(9)5-2-11-13-7(5)6/h2-8,11H,9-10H2,1H3;2-3H,1H3,(H2,9,10)(H,11,13)(H,12,14). The summed E-state index contributed by atoms with van der Waals surface area (Å²) >= 11 is 0. The first-order valence-corrected chi connectivity index (χ1v) is 10.1. The normalized spacial score (nSPS) is 10.3. The number of pyridine rings is 2. The number of hydrogen-bond acceptors (Lipinski definition) is 6. The van der Waals surface area contributed by atoms with Crippen LogP contribution in [0.2, 0.25) is 0 Å². The summed E-state index contributed by atoms with van der Waals surface area (Å²) in [7, 11) is 0. The second-order valence-corrected chi connectivity index (χ2v) is 7.31. The zero-order chi connectivity index (χ0) is 23.8. The van der Waals surface area contributed by atoms with Crippen LogP contribution in [0.15, 0.2) is 55.0 Å². The molecule has 0 saturated carbocycles. The van der Waals surface area contributed by atoms with Crippen molar-refractivity contribution < 1.29 is 14.0 Å². The molecule has 3 aromatic heterocycles. The number of carbonyl (C=O) groups excluding carboxylic acids is 2. The molecule has 0 spiro atoms. The number of nitrogen functional groups attached to an aromatic ring is 1. The highest BCUT2D eigenvalue weighted by Gasteiger charge is 2.09. The number of benzene rings is 1. The summed E-state index contributed by atoms with van der Waals surface area (Å²) < 4.78 is 13.0. The van der Waals surface area contributed by atoms with E-state index in [-0.39, 0.29) is 11.7 Å². The zero-order valence-electron chi connectivity index (χ0n) is 18.2. The molecule has 0 saturated heterocycles. The van der Waals surface area contributed by atoms with Gasteiger partial charge in [-0.2, -0.15) is 5.10 Å². The van der Waals surface area contributed by atoms with Gasteiger partial charge in [-0.05, 0) is 24.1 Å². The van der Waals surface area contributed by atoms with E-state index in [9.17, 15) is 14.0 Å². The van der Waals surface area contributed by atoms with E-state index in [4.69, 9.17) is 5.73 Å². The molecule has 1 aromatic carbocycles. The Morgan fingerprint density at radius 3 is 2.61 bits per heavy atom. The molecule has 2 amide bonds. The van der Waals surface area contributed by atoms with Crippen LogP contribution in [0.1, 0.15) is 23.7 Å². The number of aryl methyl sites for hydroxylation is 1. The third-order valence-electron chi connectivity index (χ3n) is 4.71. The maximum atomic E-state index is 13.0. The molecule has 0 aliphatic rings. The topological polar surface area (TPSA) is 130 Å². The fourth-order valence-electron chi connectivity index (χ4n) is 3.11. The van der Waals surface area contributed by atoms with Gasteiger partial charge in [-0.25, -0.2) is 9.37 Å². The zero-order valence-corrected chi connectivity index (χ0v) is 18.2. The van der Waals surface area contributed by atoms with Gasteiger partial charge in [0.1, 0.15) is 11.6 Å². The lowest BCUT2D eigenvalue weighted by Gasteiger charge is -2.18. The number of halogens is 1. The Morgan fingerprint density at radius 2 is 1.94 bits per heavy atom. The molecule has 4 rings (SSSR count). The van der Waals surface area contributed by atoms with Crippen molar-refractivity contribution in [2.75, 3.05) is 11.1 Å². The van der Waals surface area contributed by atoms with Gasteiger partial charge in [0.25, 0.3) is 0 Å². The third-order valence-corrected chi connectivity index (χ3v) is 4.71. The predicted octanol–water partition coefficient (Wildman–Crippen LogP) is 3.19. The number of aromatic nitrogens is 4. The highest BCUT2D eigenvalue weighted by Crippen LogP contribution is 2.23. The first-order valence-electron chi connectivity index (χ1n) is 10.1. The molecule has 0 unspecified atom stereocenters. The number of nitrogens with two attached hydrogens (primary N) is 1. The first-order chi connectivity index (χ1) is 15.9. The fraction of sp³-hybridized carbons (Fsp3) is 0.174. The molecule has 9 nitrogen and oxygen atoms in total. The molecule has 0 bridgehead atoms. The molecule has 0 atom stereocenters. The van der Waals surface area contributed by atoms with Crippen molar-refractivity contribution >= 4 is 34.7 Å². The Hall–Kier alpha value is -4.34. The molecule has 0 radical (unpaired) electrons. The lowest BCUT2D eigenvalue weighted by atomic mass is 10.2. The number of rotatable bonds is 6. The molecule has 4 N–H and O–H groups in total. The summed E-state index contributed by atoms with van der Waals surface area (Å²) in [5, 5.41) is 9.92. The molecule has 3 heterocycles. The van der Waals surface area contributed by atoms with Gasteiger partial charge in [-0.15, -0.1) is 0 Å². The Bertz CT molecular complexity index is 1240. The first kappa shape index (κ1) is 23.3. The molecule has 10 heteroatoms. The Kier molecular flexibility index (Phi) is 7.64. The Morgan fingerprint density at radius 1 is 1.18 bits per heavy atom. The summed E-state index contributed by atoms with van der Waals surface area (Å²) in [5.74, 6) is -0.128. The minimum Gasteiger partial charge on any atom is -0.383 e. The van der Waals surface area contributed by atoms with E-state index in [1.54, 1.807) is 18.0 Å². The van der Waals surface area contributed by atoms with Crippen molar-refractivity contribution in [1.29, 1.82) is 0 Å². The average molecular weight is 449 g/mol. The van der Waals surface area contributed by atoms with Crippen molar-refractivity contribution in [1.82, 2.24) is 25.1 Å². The Labute approximate surface area is 189 Å². The SMILES string of the molecule is CC(=O)Nc1cnc(N)c2cn[nH]c12.Cc1cc(F)cnc1CN(C=O)Cc1ccccc1. The second kappa shape index (κ2) is 10.8. The van der Waals surface area contributed by atoms with Gasteiger partial charge in [0.05, 0.1) is 47.4 Å². The maximum absolute atomic E-state index is 13.0. The van der Waals surface area contributed by atoms with Crippen LogP contribution in [-0.2, 0) is 22.7 Å². The van der Waals surface area contributed by atoms with Gasteiger partial charge in [0, 0.05) is 13.5 Å². The van der Waals surface area contributed by atoms with Crippen molar-refractivity contribution in [3.63, 3.8) is 0 Å². The molecule has 0 fully saturated rings. The van der Waals surface area contributed by atoms with Crippen molar-refractivity contribution in [2.24, 2.45) is 0 Å². The van der Waals surface area contributed by atoms with E-state index in [2.05, 4.69) is 25.5 Å². The quantitative estimate of drug-likeness (QED) is 0.388. The fourth-order valence-corrected chi connectivity index (χ4v) is 3.11. The van der Waals surface area contributed by atoms with Crippen LogP contribution in [0.3, 0.4) is 0 Å². The highest BCUT2D eigenvalue weighted by atomic mass is 19.1. The summed E-state index contributed by atoms with van der Waals surface area (Å²) in [5.41, 5.74) is 9.40.